The standard InChI is InChI=1S/C21H28O3/c1-13(22)21(24)11-8-18-16-5-4-14-12-15(23)6-9-19(14,2)17(16)7-10-20(18,21)3/h4-5,12,16-18,24H,6-11H2,1-3H3/t16-,17+,18+,19+,20+,21+/m1/s1. The molecule has 2 fully saturated rings. The Bertz CT molecular complexity index is 675. The third kappa shape index (κ3) is 1.82. The molecule has 0 radical (unpaired) electrons. The van der Waals surface area contributed by atoms with Gasteiger partial charge in [-0.1, -0.05) is 26.0 Å². The Balaban J connectivity index is 1.75. The molecule has 0 spiro atoms. The number of Topliss-reactive ketones (excluding diaryl/α,β-unsaturated/α-hetero) is 1. The lowest BCUT2D eigenvalue weighted by atomic mass is 9.48. The van der Waals surface area contributed by atoms with Gasteiger partial charge in [0.05, 0.1) is 0 Å². The van der Waals surface area contributed by atoms with Crippen LogP contribution < -0.4 is 0 Å². The third-order valence-corrected chi connectivity index (χ3v) is 8.25. The fraction of sp³-hybridized carbons (Fsp3) is 0.714. The van der Waals surface area contributed by atoms with Crippen LogP contribution in [-0.4, -0.2) is 22.3 Å². The lowest BCUT2D eigenvalue weighted by molar-refractivity contribution is -0.156. The van der Waals surface area contributed by atoms with Crippen LogP contribution in [0, 0.1) is 28.6 Å². The molecule has 0 aromatic rings. The fourth-order valence-corrected chi connectivity index (χ4v) is 6.59. The molecule has 3 nitrogen and oxygen atoms in total. The minimum atomic E-state index is -1.16. The smallest absolute Gasteiger partial charge is 0.161 e. The summed E-state index contributed by atoms with van der Waals surface area (Å²) >= 11 is 0. The highest BCUT2D eigenvalue weighted by Gasteiger charge is 2.64. The van der Waals surface area contributed by atoms with Gasteiger partial charge in [0.1, 0.15) is 5.60 Å². The molecule has 130 valence electrons. The van der Waals surface area contributed by atoms with Gasteiger partial charge in [-0.25, -0.2) is 0 Å². The van der Waals surface area contributed by atoms with E-state index in [4.69, 9.17) is 0 Å². The minimum Gasteiger partial charge on any atom is -0.382 e. The van der Waals surface area contributed by atoms with Crippen LogP contribution in [0.4, 0.5) is 0 Å². The van der Waals surface area contributed by atoms with Crippen LogP contribution in [0.15, 0.2) is 23.8 Å². The van der Waals surface area contributed by atoms with E-state index in [1.54, 1.807) is 6.92 Å². The molecule has 3 heteroatoms. The summed E-state index contributed by atoms with van der Waals surface area (Å²) in [6.45, 7) is 6.00. The zero-order valence-electron chi connectivity index (χ0n) is 15.0. The zero-order chi connectivity index (χ0) is 17.3. The average molecular weight is 328 g/mol. The molecule has 24 heavy (non-hydrogen) atoms. The fourth-order valence-electron chi connectivity index (χ4n) is 6.59. The summed E-state index contributed by atoms with van der Waals surface area (Å²) in [5.74, 6) is 1.47. The molecule has 4 aliphatic carbocycles. The Labute approximate surface area is 144 Å². The zero-order valence-corrected chi connectivity index (χ0v) is 15.0. The summed E-state index contributed by atoms with van der Waals surface area (Å²) in [7, 11) is 0. The molecule has 6 atom stereocenters. The number of hydrogen-bond donors (Lipinski definition) is 1. The van der Waals surface area contributed by atoms with Crippen LogP contribution in [0.2, 0.25) is 0 Å². The second-order valence-electron chi connectivity index (χ2n) is 9.04. The summed E-state index contributed by atoms with van der Waals surface area (Å²) in [6, 6.07) is 0. The number of aliphatic hydroxyl groups is 1. The highest BCUT2D eigenvalue weighted by atomic mass is 16.3. The summed E-state index contributed by atoms with van der Waals surface area (Å²) in [5, 5.41) is 11.1. The predicted octanol–water partition coefficient (Wildman–Crippen LogP) is 3.61. The number of rotatable bonds is 1. The van der Waals surface area contributed by atoms with Gasteiger partial charge in [-0.3, -0.25) is 9.59 Å². The maximum Gasteiger partial charge on any atom is 0.161 e. The second-order valence-corrected chi connectivity index (χ2v) is 9.04. The maximum atomic E-state index is 12.2. The SMILES string of the molecule is CC(=O)[C@@]1(O)CC[C@H]2[C@@H]3C=CC4=CC(=O)CC[C@]4(C)[C@H]3CC[C@@]21C. The summed E-state index contributed by atoms with van der Waals surface area (Å²) in [4.78, 5) is 24.0. The molecule has 4 rings (SSSR count). The maximum absolute atomic E-state index is 12.2. The largest absolute Gasteiger partial charge is 0.382 e. The van der Waals surface area contributed by atoms with Gasteiger partial charge < -0.3 is 5.11 Å². The quantitative estimate of drug-likeness (QED) is 0.800. The second kappa shape index (κ2) is 4.91. The molecular weight excluding hydrogens is 300 g/mol. The molecule has 0 aromatic heterocycles. The predicted molar refractivity (Wildman–Crippen MR) is 92.2 cm³/mol. The van der Waals surface area contributed by atoms with Crippen molar-refractivity contribution in [2.45, 2.75) is 64.9 Å². The molecule has 0 unspecified atom stereocenters. The van der Waals surface area contributed by atoms with E-state index < -0.39 is 5.60 Å². The first-order valence-electron chi connectivity index (χ1n) is 9.39. The van der Waals surface area contributed by atoms with Gasteiger partial charge in [-0.2, -0.15) is 0 Å². The van der Waals surface area contributed by atoms with Crippen molar-refractivity contribution < 1.29 is 14.7 Å². The molecule has 0 heterocycles. The number of carbonyl (C=O) groups excluding carboxylic acids is 2. The van der Waals surface area contributed by atoms with Crippen molar-refractivity contribution >= 4 is 11.6 Å². The van der Waals surface area contributed by atoms with Gasteiger partial charge in [0.25, 0.3) is 0 Å². The third-order valence-electron chi connectivity index (χ3n) is 8.25. The Morgan fingerprint density at radius 2 is 1.88 bits per heavy atom. The van der Waals surface area contributed by atoms with E-state index in [0.29, 0.717) is 30.6 Å². The first-order valence-corrected chi connectivity index (χ1v) is 9.39. The first-order chi connectivity index (χ1) is 11.2. The monoisotopic (exact) mass is 328 g/mol. The summed E-state index contributed by atoms with van der Waals surface area (Å²) < 4.78 is 0. The van der Waals surface area contributed by atoms with Crippen molar-refractivity contribution in [1.29, 1.82) is 0 Å². The minimum absolute atomic E-state index is 0.0687. The van der Waals surface area contributed by atoms with Gasteiger partial charge in [0.2, 0.25) is 0 Å². The number of ketones is 2. The van der Waals surface area contributed by atoms with Gasteiger partial charge in [0, 0.05) is 11.8 Å². The molecule has 0 amide bonds. The van der Waals surface area contributed by atoms with E-state index in [-0.39, 0.29) is 22.4 Å². The van der Waals surface area contributed by atoms with Crippen LogP contribution in [0.25, 0.3) is 0 Å². The van der Waals surface area contributed by atoms with Gasteiger partial charge >= 0.3 is 0 Å². The molecule has 0 aromatic carbocycles. The van der Waals surface area contributed by atoms with Gasteiger partial charge in [-0.05, 0) is 73.8 Å². The Kier molecular flexibility index (Phi) is 3.32. The molecule has 0 saturated heterocycles. The van der Waals surface area contributed by atoms with Crippen molar-refractivity contribution in [3.05, 3.63) is 23.8 Å². The van der Waals surface area contributed by atoms with E-state index >= 15 is 0 Å². The van der Waals surface area contributed by atoms with E-state index in [1.165, 1.54) is 5.57 Å². The van der Waals surface area contributed by atoms with Crippen LogP contribution in [-0.2, 0) is 9.59 Å². The van der Waals surface area contributed by atoms with Crippen LogP contribution in [0.1, 0.15) is 59.3 Å². The van der Waals surface area contributed by atoms with Crippen molar-refractivity contribution in [3.8, 4) is 0 Å². The molecule has 1 N–H and O–H groups in total. The van der Waals surface area contributed by atoms with E-state index in [1.807, 2.05) is 6.08 Å². The van der Waals surface area contributed by atoms with Crippen molar-refractivity contribution in [2.75, 3.05) is 0 Å². The summed E-state index contributed by atoms with van der Waals surface area (Å²) in [5.41, 5.74) is -0.197. The highest BCUT2D eigenvalue weighted by Crippen LogP contribution is 2.66. The highest BCUT2D eigenvalue weighted by molar-refractivity contribution is 5.92. The average Bonchev–Trinajstić information content (AvgIpc) is 2.81. The van der Waals surface area contributed by atoms with E-state index in [9.17, 15) is 14.7 Å². The Hall–Kier alpha value is -1.22. The van der Waals surface area contributed by atoms with Gasteiger partial charge in [0.15, 0.2) is 11.6 Å². The van der Waals surface area contributed by atoms with Crippen LogP contribution in [0.3, 0.4) is 0 Å². The lowest BCUT2D eigenvalue weighted by Gasteiger charge is -2.56. The molecule has 0 bridgehead atoms. The number of hydrogen-bond acceptors (Lipinski definition) is 3. The van der Waals surface area contributed by atoms with Gasteiger partial charge in [-0.15, -0.1) is 0 Å². The van der Waals surface area contributed by atoms with E-state index in [2.05, 4.69) is 26.0 Å². The summed E-state index contributed by atoms with van der Waals surface area (Å²) in [6.07, 6.45) is 11.3. The molecule has 2 saturated carbocycles. The Morgan fingerprint density at radius 3 is 2.58 bits per heavy atom. The van der Waals surface area contributed by atoms with Crippen molar-refractivity contribution in [3.63, 3.8) is 0 Å². The Morgan fingerprint density at radius 1 is 1.17 bits per heavy atom. The topological polar surface area (TPSA) is 54.4 Å². The number of carbonyl (C=O) groups is 2. The van der Waals surface area contributed by atoms with Crippen molar-refractivity contribution in [2.24, 2.45) is 28.6 Å². The van der Waals surface area contributed by atoms with Crippen LogP contribution in [0.5, 0.6) is 0 Å². The normalized spacial score (nSPS) is 49.9. The molecule has 0 aliphatic heterocycles. The van der Waals surface area contributed by atoms with Crippen LogP contribution >= 0.6 is 0 Å². The molecule has 4 aliphatic rings. The number of fused-ring (bicyclic) bond motifs is 5. The lowest BCUT2D eigenvalue weighted by Crippen LogP contribution is -2.56. The first kappa shape index (κ1) is 16.3. The van der Waals surface area contributed by atoms with Crippen molar-refractivity contribution in [1.82, 2.24) is 0 Å². The number of allylic oxidation sites excluding steroid dienone is 4. The van der Waals surface area contributed by atoms with E-state index in [0.717, 1.165) is 25.7 Å². The molecular formula is C21H28O3.